The zero-order valence-corrected chi connectivity index (χ0v) is 16.0. The molecule has 0 bridgehead atoms. The Balaban J connectivity index is 1.59. The Labute approximate surface area is 172 Å². The molecule has 1 aliphatic heterocycles. The summed E-state index contributed by atoms with van der Waals surface area (Å²) in [5.74, 6) is 0.502. The quantitative estimate of drug-likeness (QED) is 0.565. The van der Waals surface area contributed by atoms with Crippen molar-refractivity contribution in [2.45, 2.75) is 6.10 Å². The lowest BCUT2D eigenvalue weighted by Crippen LogP contribution is -2.42. The minimum Gasteiger partial charge on any atom is -0.380 e. The Kier molecular flexibility index (Phi) is 6.03. The van der Waals surface area contributed by atoms with Crippen LogP contribution in [0.2, 0.25) is 0 Å². The summed E-state index contributed by atoms with van der Waals surface area (Å²) >= 11 is 0. The van der Waals surface area contributed by atoms with Crippen molar-refractivity contribution in [1.29, 1.82) is 5.26 Å². The summed E-state index contributed by atoms with van der Waals surface area (Å²) in [6, 6.07) is 9.88. The standard InChI is InChI=1S/C20H19FN8O/c21-14-3-1-2-13(6-14)20-17(25-11-16-10-23-4-5-30-16)7-18(28-29-20)27-19-12-24-15(8-22)9-26-19/h1-3,6-7,9,12,16,23H,4-5,10-11H2,(H2,25,26,27,28). The van der Waals surface area contributed by atoms with Gasteiger partial charge >= 0.3 is 0 Å². The summed E-state index contributed by atoms with van der Waals surface area (Å²) < 4.78 is 19.5. The van der Waals surface area contributed by atoms with Crippen LogP contribution in [0.1, 0.15) is 5.69 Å². The van der Waals surface area contributed by atoms with Crippen molar-refractivity contribution in [3.05, 3.63) is 54.2 Å². The summed E-state index contributed by atoms with van der Waals surface area (Å²) in [5, 5.41) is 26.9. The number of anilines is 3. The van der Waals surface area contributed by atoms with Crippen LogP contribution in [0, 0.1) is 17.1 Å². The second-order valence-electron chi connectivity index (χ2n) is 6.60. The monoisotopic (exact) mass is 406 g/mol. The number of rotatable bonds is 6. The predicted octanol–water partition coefficient (Wildman–Crippen LogP) is 2.09. The van der Waals surface area contributed by atoms with Gasteiger partial charge in [-0.05, 0) is 12.1 Å². The van der Waals surface area contributed by atoms with Crippen molar-refractivity contribution in [2.75, 3.05) is 36.9 Å². The lowest BCUT2D eigenvalue weighted by Gasteiger charge is -2.24. The number of nitrogens with zero attached hydrogens (tertiary/aromatic N) is 5. The third-order valence-electron chi connectivity index (χ3n) is 4.44. The average molecular weight is 406 g/mol. The number of nitrogens with one attached hydrogen (secondary N) is 3. The molecule has 3 N–H and O–H groups in total. The maximum absolute atomic E-state index is 13.7. The molecule has 0 radical (unpaired) electrons. The van der Waals surface area contributed by atoms with Crippen LogP contribution < -0.4 is 16.0 Å². The molecular formula is C20H19FN8O. The summed E-state index contributed by atoms with van der Waals surface area (Å²) in [7, 11) is 0. The summed E-state index contributed by atoms with van der Waals surface area (Å²) in [6.45, 7) is 2.79. The van der Waals surface area contributed by atoms with E-state index in [4.69, 9.17) is 10.00 Å². The molecule has 3 heterocycles. The van der Waals surface area contributed by atoms with Gasteiger partial charge in [0, 0.05) is 31.3 Å². The number of hydrogen-bond donors (Lipinski definition) is 3. The number of ether oxygens (including phenoxy) is 1. The molecule has 0 saturated carbocycles. The van der Waals surface area contributed by atoms with Crippen LogP contribution in [0.4, 0.5) is 21.7 Å². The van der Waals surface area contributed by atoms with Crippen molar-refractivity contribution in [3.63, 3.8) is 0 Å². The van der Waals surface area contributed by atoms with Crippen LogP contribution in [0.5, 0.6) is 0 Å². The molecule has 1 unspecified atom stereocenters. The highest BCUT2D eigenvalue weighted by molar-refractivity contribution is 5.76. The van der Waals surface area contributed by atoms with Crippen LogP contribution in [0.15, 0.2) is 42.7 Å². The zero-order chi connectivity index (χ0) is 20.8. The third kappa shape index (κ3) is 4.83. The molecule has 10 heteroatoms. The smallest absolute Gasteiger partial charge is 0.158 e. The molecule has 1 aliphatic rings. The fraction of sp³-hybridized carbons (Fsp3) is 0.250. The van der Waals surface area contributed by atoms with Gasteiger partial charge in [0.1, 0.15) is 23.4 Å². The van der Waals surface area contributed by atoms with E-state index < -0.39 is 0 Å². The Hall–Kier alpha value is -3.68. The van der Waals surface area contributed by atoms with Crippen LogP contribution in [-0.2, 0) is 4.74 Å². The molecular weight excluding hydrogens is 387 g/mol. The number of aromatic nitrogens is 4. The minimum atomic E-state index is -0.352. The van der Waals surface area contributed by atoms with Crippen molar-refractivity contribution < 1.29 is 9.13 Å². The lowest BCUT2D eigenvalue weighted by molar-refractivity contribution is 0.0372. The van der Waals surface area contributed by atoms with Crippen molar-refractivity contribution >= 4 is 17.3 Å². The number of nitriles is 1. The molecule has 3 aromatic rings. The summed E-state index contributed by atoms with van der Waals surface area (Å²) in [4.78, 5) is 8.10. The highest BCUT2D eigenvalue weighted by Gasteiger charge is 2.16. The fourth-order valence-corrected chi connectivity index (χ4v) is 2.99. The van der Waals surface area contributed by atoms with E-state index in [1.807, 2.05) is 6.07 Å². The molecule has 30 heavy (non-hydrogen) atoms. The Morgan fingerprint density at radius 2 is 2.13 bits per heavy atom. The van der Waals surface area contributed by atoms with E-state index in [1.54, 1.807) is 18.2 Å². The molecule has 152 valence electrons. The highest BCUT2D eigenvalue weighted by atomic mass is 19.1. The van der Waals surface area contributed by atoms with E-state index in [2.05, 4.69) is 36.1 Å². The van der Waals surface area contributed by atoms with Crippen molar-refractivity contribution in [2.24, 2.45) is 0 Å². The number of hydrogen-bond acceptors (Lipinski definition) is 9. The Morgan fingerprint density at radius 3 is 2.87 bits per heavy atom. The van der Waals surface area contributed by atoms with Gasteiger partial charge in [-0.1, -0.05) is 12.1 Å². The first-order chi connectivity index (χ1) is 14.7. The number of morpholine rings is 1. The van der Waals surface area contributed by atoms with E-state index >= 15 is 0 Å². The van der Waals surface area contributed by atoms with Crippen LogP contribution in [0.3, 0.4) is 0 Å². The molecule has 4 rings (SSSR count). The van der Waals surface area contributed by atoms with Crippen molar-refractivity contribution in [1.82, 2.24) is 25.5 Å². The average Bonchev–Trinajstić information content (AvgIpc) is 2.79. The molecule has 1 aromatic carbocycles. The normalized spacial score (nSPS) is 15.9. The summed E-state index contributed by atoms with van der Waals surface area (Å²) in [6.07, 6.45) is 2.81. The Morgan fingerprint density at radius 1 is 1.20 bits per heavy atom. The maximum atomic E-state index is 13.7. The van der Waals surface area contributed by atoms with Crippen molar-refractivity contribution in [3.8, 4) is 17.3 Å². The van der Waals surface area contributed by atoms with E-state index in [0.717, 1.165) is 13.1 Å². The largest absolute Gasteiger partial charge is 0.380 e. The van der Waals surface area contributed by atoms with E-state index in [1.165, 1.54) is 24.5 Å². The molecule has 0 aliphatic carbocycles. The topological polar surface area (TPSA) is 121 Å². The second-order valence-corrected chi connectivity index (χ2v) is 6.60. The zero-order valence-electron chi connectivity index (χ0n) is 16.0. The van der Waals surface area contributed by atoms with E-state index in [9.17, 15) is 4.39 Å². The van der Waals surface area contributed by atoms with Gasteiger partial charge in [-0.3, -0.25) is 0 Å². The number of benzene rings is 1. The van der Waals surface area contributed by atoms with Crippen LogP contribution in [-0.4, -0.2) is 52.5 Å². The maximum Gasteiger partial charge on any atom is 0.158 e. The molecule has 0 amide bonds. The van der Waals surface area contributed by atoms with Gasteiger partial charge in [-0.25, -0.2) is 14.4 Å². The van der Waals surface area contributed by atoms with Gasteiger partial charge in [-0.2, -0.15) is 5.26 Å². The van der Waals surface area contributed by atoms with Crippen LogP contribution >= 0.6 is 0 Å². The minimum absolute atomic E-state index is 0.00748. The molecule has 0 spiro atoms. The number of halogens is 1. The summed E-state index contributed by atoms with van der Waals surface area (Å²) in [5.41, 5.74) is 2.03. The van der Waals surface area contributed by atoms with Gasteiger partial charge in [0.25, 0.3) is 0 Å². The molecule has 2 aromatic heterocycles. The van der Waals surface area contributed by atoms with Gasteiger partial charge < -0.3 is 20.7 Å². The van der Waals surface area contributed by atoms with Gasteiger partial charge in [-0.15, -0.1) is 10.2 Å². The molecule has 9 nitrogen and oxygen atoms in total. The molecule has 1 fully saturated rings. The van der Waals surface area contributed by atoms with E-state index in [-0.39, 0.29) is 17.6 Å². The SMILES string of the molecule is N#Cc1cnc(Nc2cc(NCC3CNCCO3)c(-c3cccc(F)c3)nn2)cn1. The lowest BCUT2D eigenvalue weighted by atomic mass is 10.1. The molecule has 1 atom stereocenters. The van der Waals surface area contributed by atoms with Gasteiger partial charge in [0.05, 0.1) is 30.8 Å². The molecule has 1 saturated heterocycles. The third-order valence-corrected chi connectivity index (χ3v) is 4.44. The first kappa shape index (κ1) is 19.6. The van der Waals surface area contributed by atoms with Crippen LogP contribution in [0.25, 0.3) is 11.3 Å². The van der Waals surface area contributed by atoms with E-state index in [0.29, 0.717) is 41.7 Å². The first-order valence-electron chi connectivity index (χ1n) is 9.40. The van der Waals surface area contributed by atoms with Gasteiger partial charge in [0.2, 0.25) is 0 Å². The first-order valence-corrected chi connectivity index (χ1v) is 9.40. The Bertz CT molecular complexity index is 1050. The predicted molar refractivity (Wildman–Crippen MR) is 109 cm³/mol. The fourth-order valence-electron chi connectivity index (χ4n) is 2.99. The van der Waals surface area contributed by atoms with Gasteiger partial charge in [0.15, 0.2) is 11.5 Å². The highest BCUT2D eigenvalue weighted by Crippen LogP contribution is 2.28. The second kappa shape index (κ2) is 9.21.